The molecule has 2 aromatic rings. The summed E-state index contributed by atoms with van der Waals surface area (Å²) in [6, 6.07) is 7.17. The van der Waals surface area contributed by atoms with Gasteiger partial charge in [-0.3, -0.25) is 0 Å². The Hall–Kier alpha value is -1.32. The Labute approximate surface area is 96.9 Å². The predicted octanol–water partition coefficient (Wildman–Crippen LogP) is 3.03. The molecule has 0 saturated heterocycles. The summed E-state index contributed by atoms with van der Waals surface area (Å²) in [5.74, 6) is 0.359. The molecule has 15 heavy (non-hydrogen) atoms. The lowest BCUT2D eigenvalue weighted by Crippen LogP contribution is -1.96. The van der Waals surface area contributed by atoms with Crippen LogP contribution in [0.15, 0.2) is 30.6 Å². The first-order valence-corrected chi connectivity index (χ1v) is 4.96. The third-order valence-corrected chi connectivity index (χ3v) is 2.50. The smallest absolute Gasteiger partial charge is 0.142 e. The van der Waals surface area contributed by atoms with Crippen LogP contribution >= 0.6 is 23.2 Å². The van der Waals surface area contributed by atoms with E-state index < -0.39 is 0 Å². The molecule has 0 bridgehead atoms. The number of rotatable bonds is 1. The number of hydrogen-bond acceptors (Lipinski definition) is 3. The summed E-state index contributed by atoms with van der Waals surface area (Å²) in [6.07, 6.45) is 1.33. The van der Waals surface area contributed by atoms with E-state index in [0.717, 1.165) is 5.56 Å². The molecule has 3 nitrogen and oxygen atoms in total. The molecule has 0 unspecified atom stereocenters. The zero-order valence-electron chi connectivity index (χ0n) is 7.61. The lowest BCUT2D eigenvalue weighted by atomic mass is 10.1. The maximum absolute atomic E-state index is 5.94. The number of nitrogens with zero attached hydrogens (tertiary/aromatic N) is 2. The van der Waals surface area contributed by atoms with Gasteiger partial charge >= 0.3 is 0 Å². The SMILES string of the molecule is Nc1ncnc(Cl)c1-c1ccc(Cl)cc1. The third-order valence-electron chi connectivity index (χ3n) is 1.96. The van der Waals surface area contributed by atoms with Gasteiger partial charge in [0.1, 0.15) is 17.3 Å². The van der Waals surface area contributed by atoms with Crippen molar-refractivity contribution in [1.29, 1.82) is 0 Å². The van der Waals surface area contributed by atoms with Crippen LogP contribution in [0.25, 0.3) is 11.1 Å². The van der Waals surface area contributed by atoms with E-state index in [1.54, 1.807) is 12.1 Å². The van der Waals surface area contributed by atoms with Crippen molar-refractivity contribution in [2.24, 2.45) is 0 Å². The number of hydrogen-bond donors (Lipinski definition) is 1. The summed E-state index contributed by atoms with van der Waals surface area (Å²) in [6.45, 7) is 0. The van der Waals surface area contributed by atoms with Crippen molar-refractivity contribution in [1.82, 2.24) is 9.97 Å². The minimum atomic E-state index is 0.338. The Morgan fingerprint density at radius 1 is 1.00 bits per heavy atom. The van der Waals surface area contributed by atoms with Crippen LogP contribution in [0.1, 0.15) is 0 Å². The quantitative estimate of drug-likeness (QED) is 0.779. The third kappa shape index (κ3) is 2.03. The maximum Gasteiger partial charge on any atom is 0.142 e. The minimum Gasteiger partial charge on any atom is -0.383 e. The molecule has 1 aromatic carbocycles. The minimum absolute atomic E-state index is 0.338. The summed E-state index contributed by atoms with van der Waals surface area (Å²) in [5.41, 5.74) is 7.21. The fourth-order valence-corrected chi connectivity index (χ4v) is 1.64. The summed E-state index contributed by atoms with van der Waals surface area (Å²) in [7, 11) is 0. The zero-order chi connectivity index (χ0) is 10.8. The van der Waals surface area contributed by atoms with Gasteiger partial charge in [-0.05, 0) is 17.7 Å². The zero-order valence-corrected chi connectivity index (χ0v) is 9.13. The maximum atomic E-state index is 5.94. The van der Waals surface area contributed by atoms with Crippen molar-refractivity contribution in [3.63, 3.8) is 0 Å². The van der Waals surface area contributed by atoms with E-state index in [-0.39, 0.29) is 0 Å². The topological polar surface area (TPSA) is 51.8 Å². The molecular weight excluding hydrogens is 233 g/mol. The first-order valence-electron chi connectivity index (χ1n) is 4.20. The number of aromatic nitrogens is 2. The van der Waals surface area contributed by atoms with Gasteiger partial charge in [-0.2, -0.15) is 0 Å². The van der Waals surface area contributed by atoms with Crippen LogP contribution in [0.2, 0.25) is 10.2 Å². The Morgan fingerprint density at radius 3 is 2.27 bits per heavy atom. The molecule has 1 aromatic heterocycles. The second-order valence-electron chi connectivity index (χ2n) is 2.93. The average molecular weight is 240 g/mol. The van der Waals surface area contributed by atoms with Gasteiger partial charge < -0.3 is 5.73 Å². The van der Waals surface area contributed by atoms with E-state index in [1.165, 1.54) is 6.33 Å². The monoisotopic (exact) mass is 239 g/mol. The van der Waals surface area contributed by atoms with Gasteiger partial charge in [-0.15, -0.1) is 0 Å². The number of benzene rings is 1. The molecule has 0 fully saturated rings. The molecule has 0 spiro atoms. The number of halogens is 2. The van der Waals surface area contributed by atoms with Gasteiger partial charge in [-0.1, -0.05) is 35.3 Å². The van der Waals surface area contributed by atoms with E-state index in [9.17, 15) is 0 Å². The number of nitrogens with two attached hydrogens (primary N) is 1. The Kier molecular flexibility index (Phi) is 2.75. The van der Waals surface area contributed by atoms with Crippen LogP contribution in [0, 0.1) is 0 Å². The van der Waals surface area contributed by atoms with E-state index in [2.05, 4.69) is 9.97 Å². The lowest BCUT2D eigenvalue weighted by molar-refractivity contribution is 1.18. The summed E-state index contributed by atoms with van der Waals surface area (Å²) < 4.78 is 0. The first kappa shape index (κ1) is 10.2. The van der Waals surface area contributed by atoms with Crippen molar-refractivity contribution in [3.05, 3.63) is 40.8 Å². The predicted molar refractivity (Wildman–Crippen MR) is 61.9 cm³/mol. The highest BCUT2D eigenvalue weighted by molar-refractivity contribution is 6.33. The van der Waals surface area contributed by atoms with E-state index in [4.69, 9.17) is 28.9 Å². The van der Waals surface area contributed by atoms with Gasteiger partial charge in [0.05, 0.1) is 5.56 Å². The highest BCUT2D eigenvalue weighted by atomic mass is 35.5. The van der Waals surface area contributed by atoms with Crippen molar-refractivity contribution in [2.45, 2.75) is 0 Å². The van der Waals surface area contributed by atoms with Crippen LogP contribution in [-0.4, -0.2) is 9.97 Å². The molecular formula is C10H7Cl2N3. The van der Waals surface area contributed by atoms with Crippen LogP contribution in [0.5, 0.6) is 0 Å². The van der Waals surface area contributed by atoms with Crippen LogP contribution in [0.3, 0.4) is 0 Å². The molecule has 0 amide bonds. The molecule has 2 N–H and O–H groups in total. The molecule has 76 valence electrons. The first-order chi connectivity index (χ1) is 7.18. The van der Waals surface area contributed by atoms with Crippen molar-refractivity contribution in [2.75, 3.05) is 5.73 Å². The summed E-state index contributed by atoms with van der Waals surface area (Å²) >= 11 is 11.7. The van der Waals surface area contributed by atoms with E-state index in [1.807, 2.05) is 12.1 Å². The molecule has 1 heterocycles. The average Bonchev–Trinajstić information content (AvgIpc) is 2.20. The molecule has 0 aliphatic carbocycles. The van der Waals surface area contributed by atoms with Crippen LogP contribution in [-0.2, 0) is 0 Å². The second kappa shape index (κ2) is 4.04. The van der Waals surface area contributed by atoms with Crippen molar-refractivity contribution < 1.29 is 0 Å². The molecule has 2 rings (SSSR count). The normalized spacial score (nSPS) is 10.3. The largest absolute Gasteiger partial charge is 0.383 e. The molecule has 0 atom stereocenters. The summed E-state index contributed by atoms with van der Waals surface area (Å²) in [4.78, 5) is 7.77. The van der Waals surface area contributed by atoms with Crippen molar-refractivity contribution >= 4 is 29.0 Å². The number of nitrogen functional groups attached to an aromatic ring is 1. The fraction of sp³-hybridized carbons (Fsp3) is 0. The van der Waals surface area contributed by atoms with Crippen LogP contribution in [0.4, 0.5) is 5.82 Å². The molecule has 0 radical (unpaired) electrons. The van der Waals surface area contributed by atoms with Gasteiger partial charge in [-0.25, -0.2) is 9.97 Å². The molecule has 0 aliphatic heterocycles. The fourth-order valence-electron chi connectivity index (χ4n) is 1.26. The standard InChI is InChI=1S/C10H7Cl2N3/c11-7-3-1-6(2-4-7)8-9(12)14-5-15-10(8)13/h1-5H,(H2,13,14,15). The Balaban J connectivity index is 2.58. The van der Waals surface area contributed by atoms with Gasteiger partial charge in [0, 0.05) is 5.02 Å². The lowest BCUT2D eigenvalue weighted by Gasteiger charge is -2.05. The van der Waals surface area contributed by atoms with Gasteiger partial charge in [0.2, 0.25) is 0 Å². The van der Waals surface area contributed by atoms with Crippen molar-refractivity contribution in [3.8, 4) is 11.1 Å². The van der Waals surface area contributed by atoms with Crippen LogP contribution < -0.4 is 5.73 Å². The van der Waals surface area contributed by atoms with E-state index >= 15 is 0 Å². The summed E-state index contributed by atoms with van der Waals surface area (Å²) in [5, 5.41) is 0.995. The highest BCUT2D eigenvalue weighted by Gasteiger charge is 2.09. The highest BCUT2D eigenvalue weighted by Crippen LogP contribution is 2.30. The van der Waals surface area contributed by atoms with E-state index in [0.29, 0.717) is 21.6 Å². The molecule has 0 aliphatic rings. The Bertz CT molecular complexity index is 462. The second-order valence-corrected chi connectivity index (χ2v) is 3.73. The molecule has 0 saturated carbocycles. The van der Waals surface area contributed by atoms with Gasteiger partial charge in [0.15, 0.2) is 0 Å². The van der Waals surface area contributed by atoms with Gasteiger partial charge in [0.25, 0.3) is 0 Å². The Morgan fingerprint density at radius 2 is 1.67 bits per heavy atom. The molecule has 5 heteroatoms. The number of anilines is 1.